The molecule has 0 bridgehead atoms. The Labute approximate surface area is 138 Å². The van der Waals surface area contributed by atoms with E-state index >= 15 is 0 Å². The summed E-state index contributed by atoms with van der Waals surface area (Å²) in [5, 5.41) is 5.27. The number of hydrogen-bond acceptors (Lipinski definition) is 3. The second-order valence-corrected chi connectivity index (χ2v) is 6.05. The molecule has 1 aromatic carbocycles. The van der Waals surface area contributed by atoms with Crippen molar-refractivity contribution in [2.45, 2.75) is 18.9 Å². The molecule has 22 heavy (non-hydrogen) atoms. The van der Waals surface area contributed by atoms with Crippen LogP contribution in [0.4, 0.5) is 10.5 Å². The maximum Gasteiger partial charge on any atom is 0.319 e. The summed E-state index contributed by atoms with van der Waals surface area (Å²) in [4.78, 5) is 25.5. The number of carbonyl (C=O) groups excluding carboxylic acids is 2. The second-order valence-electron chi connectivity index (χ2n) is 5.13. The highest BCUT2D eigenvalue weighted by Gasteiger charge is 2.22. The van der Waals surface area contributed by atoms with Crippen molar-refractivity contribution in [3.8, 4) is 0 Å². The maximum atomic E-state index is 12.0. The molecule has 0 aromatic heterocycles. The molecule has 2 rings (SSSR count). The standard InChI is InChI=1S/C15H20BrN3O3/c1-22-13-6-8-19(9-7-13)14(20)10-17-15(21)18-12-4-2-11(16)3-5-12/h2-5,13H,6-10H2,1H3,(H2,17,18,21). The number of urea groups is 1. The van der Waals surface area contributed by atoms with Crippen LogP contribution in [0, 0.1) is 0 Å². The van der Waals surface area contributed by atoms with E-state index in [0.29, 0.717) is 18.8 Å². The Balaban J connectivity index is 1.72. The first-order valence-electron chi connectivity index (χ1n) is 7.19. The molecular weight excluding hydrogens is 350 g/mol. The fraction of sp³-hybridized carbons (Fsp3) is 0.467. The van der Waals surface area contributed by atoms with Gasteiger partial charge in [-0.25, -0.2) is 4.79 Å². The van der Waals surface area contributed by atoms with Crippen LogP contribution in [-0.2, 0) is 9.53 Å². The van der Waals surface area contributed by atoms with Crippen molar-refractivity contribution < 1.29 is 14.3 Å². The molecule has 0 spiro atoms. The van der Waals surface area contributed by atoms with Crippen LogP contribution in [0.15, 0.2) is 28.7 Å². The van der Waals surface area contributed by atoms with Crippen molar-refractivity contribution in [2.24, 2.45) is 0 Å². The molecule has 1 fully saturated rings. The molecular formula is C15H20BrN3O3. The molecule has 1 heterocycles. The van der Waals surface area contributed by atoms with Gasteiger partial charge in [0.2, 0.25) is 5.91 Å². The Hall–Kier alpha value is -1.60. The van der Waals surface area contributed by atoms with Gasteiger partial charge in [0, 0.05) is 30.4 Å². The predicted molar refractivity (Wildman–Crippen MR) is 87.8 cm³/mol. The van der Waals surface area contributed by atoms with Crippen molar-refractivity contribution in [2.75, 3.05) is 32.1 Å². The van der Waals surface area contributed by atoms with Gasteiger partial charge in [-0.15, -0.1) is 0 Å². The Bertz CT molecular complexity index is 513. The number of methoxy groups -OCH3 is 1. The summed E-state index contributed by atoms with van der Waals surface area (Å²) in [5.74, 6) is -0.0690. The van der Waals surface area contributed by atoms with Gasteiger partial charge in [0.05, 0.1) is 12.6 Å². The number of nitrogens with one attached hydrogen (secondary N) is 2. The first-order valence-corrected chi connectivity index (χ1v) is 7.99. The molecule has 7 heteroatoms. The molecule has 6 nitrogen and oxygen atoms in total. The molecule has 0 aliphatic carbocycles. The summed E-state index contributed by atoms with van der Waals surface area (Å²) in [6.45, 7) is 1.35. The number of carbonyl (C=O) groups is 2. The van der Waals surface area contributed by atoms with E-state index in [1.807, 2.05) is 12.1 Å². The summed E-state index contributed by atoms with van der Waals surface area (Å²) < 4.78 is 6.21. The van der Waals surface area contributed by atoms with Gasteiger partial charge in [-0.2, -0.15) is 0 Å². The van der Waals surface area contributed by atoms with Crippen LogP contribution in [-0.4, -0.2) is 49.7 Å². The zero-order valence-corrected chi connectivity index (χ0v) is 14.1. The monoisotopic (exact) mass is 369 g/mol. The SMILES string of the molecule is COC1CCN(C(=O)CNC(=O)Nc2ccc(Br)cc2)CC1. The van der Waals surface area contributed by atoms with E-state index in [1.54, 1.807) is 24.1 Å². The normalized spacial score (nSPS) is 15.5. The molecule has 1 aliphatic heterocycles. The topological polar surface area (TPSA) is 70.7 Å². The Morgan fingerprint density at radius 1 is 1.27 bits per heavy atom. The number of benzene rings is 1. The smallest absolute Gasteiger partial charge is 0.319 e. The van der Waals surface area contributed by atoms with E-state index in [0.717, 1.165) is 17.3 Å². The summed E-state index contributed by atoms with van der Waals surface area (Å²) in [5.41, 5.74) is 0.675. The third kappa shape index (κ3) is 4.99. The molecule has 0 atom stereocenters. The number of amides is 3. The highest BCUT2D eigenvalue weighted by molar-refractivity contribution is 9.10. The van der Waals surface area contributed by atoms with Gasteiger partial charge in [-0.1, -0.05) is 15.9 Å². The summed E-state index contributed by atoms with van der Waals surface area (Å²) >= 11 is 3.33. The average Bonchev–Trinajstić information content (AvgIpc) is 2.55. The third-order valence-electron chi connectivity index (χ3n) is 3.63. The molecule has 0 radical (unpaired) electrons. The van der Waals surface area contributed by atoms with Crippen molar-refractivity contribution in [3.05, 3.63) is 28.7 Å². The van der Waals surface area contributed by atoms with Gasteiger partial charge in [0.25, 0.3) is 0 Å². The van der Waals surface area contributed by atoms with E-state index in [2.05, 4.69) is 26.6 Å². The van der Waals surface area contributed by atoms with Crippen LogP contribution in [0.2, 0.25) is 0 Å². The first kappa shape index (κ1) is 16.8. The van der Waals surface area contributed by atoms with Gasteiger partial charge in [0.1, 0.15) is 0 Å². The number of hydrogen-bond donors (Lipinski definition) is 2. The highest BCUT2D eigenvalue weighted by atomic mass is 79.9. The number of rotatable bonds is 4. The van der Waals surface area contributed by atoms with Gasteiger partial charge in [0.15, 0.2) is 0 Å². The number of halogens is 1. The molecule has 0 unspecified atom stereocenters. The lowest BCUT2D eigenvalue weighted by atomic mass is 10.1. The van der Waals surface area contributed by atoms with E-state index in [-0.39, 0.29) is 24.6 Å². The number of piperidine rings is 1. The lowest BCUT2D eigenvalue weighted by Gasteiger charge is -2.31. The van der Waals surface area contributed by atoms with Crippen LogP contribution in [0.1, 0.15) is 12.8 Å². The van der Waals surface area contributed by atoms with E-state index in [4.69, 9.17) is 4.74 Å². The minimum atomic E-state index is -0.387. The molecule has 1 aliphatic rings. The van der Waals surface area contributed by atoms with Crippen molar-refractivity contribution in [3.63, 3.8) is 0 Å². The molecule has 0 saturated carbocycles. The lowest BCUT2D eigenvalue weighted by Crippen LogP contribution is -2.46. The number of ether oxygens (including phenoxy) is 1. The second kappa shape index (κ2) is 8.14. The maximum absolute atomic E-state index is 12.0. The quantitative estimate of drug-likeness (QED) is 0.854. The van der Waals surface area contributed by atoms with E-state index < -0.39 is 0 Å². The van der Waals surface area contributed by atoms with Gasteiger partial charge in [-0.05, 0) is 37.1 Å². The Morgan fingerprint density at radius 2 is 1.91 bits per heavy atom. The molecule has 3 amide bonds. The first-order chi connectivity index (χ1) is 10.6. The average molecular weight is 370 g/mol. The van der Waals surface area contributed by atoms with Crippen LogP contribution in [0.25, 0.3) is 0 Å². The van der Waals surface area contributed by atoms with Crippen LogP contribution in [0.5, 0.6) is 0 Å². The number of nitrogens with zero attached hydrogens (tertiary/aromatic N) is 1. The van der Waals surface area contributed by atoms with Crippen molar-refractivity contribution >= 4 is 33.6 Å². The Kier molecular flexibility index (Phi) is 6.21. The van der Waals surface area contributed by atoms with Gasteiger partial charge in [-0.3, -0.25) is 4.79 Å². The van der Waals surface area contributed by atoms with E-state index in [1.165, 1.54) is 0 Å². The van der Waals surface area contributed by atoms with Crippen molar-refractivity contribution in [1.29, 1.82) is 0 Å². The summed E-state index contributed by atoms with van der Waals surface area (Å²) in [6, 6.07) is 6.84. The van der Waals surface area contributed by atoms with E-state index in [9.17, 15) is 9.59 Å². The molecule has 1 aromatic rings. The molecule has 2 N–H and O–H groups in total. The number of likely N-dealkylation sites (tertiary alicyclic amines) is 1. The zero-order chi connectivity index (χ0) is 15.9. The molecule has 120 valence electrons. The largest absolute Gasteiger partial charge is 0.381 e. The molecule has 1 saturated heterocycles. The van der Waals surface area contributed by atoms with Gasteiger partial charge >= 0.3 is 6.03 Å². The Morgan fingerprint density at radius 3 is 2.50 bits per heavy atom. The lowest BCUT2D eigenvalue weighted by molar-refractivity contribution is -0.132. The third-order valence-corrected chi connectivity index (χ3v) is 4.16. The predicted octanol–water partition coefficient (Wildman–Crippen LogP) is 2.21. The minimum Gasteiger partial charge on any atom is -0.381 e. The van der Waals surface area contributed by atoms with Crippen LogP contribution >= 0.6 is 15.9 Å². The van der Waals surface area contributed by atoms with Gasteiger partial charge < -0.3 is 20.3 Å². The highest BCUT2D eigenvalue weighted by Crippen LogP contribution is 2.14. The summed E-state index contributed by atoms with van der Waals surface area (Å²) in [7, 11) is 1.69. The van der Waals surface area contributed by atoms with Crippen LogP contribution in [0.3, 0.4) is 0 Å². The fourth-order valence-corrected chi connectivity index (χ4v) is 2.58. The minimum absolute atomic E-state index is 0.0000101. The van der Waals surface area contributed by atoms with Crippen molar-refractivity contribution in [1.82, 2.24) is 10.2 Å². The fourth-order valence-electron chi connectivity index (χ4n) is 2.32. The summed E-state index contributed by atoms with van der Waals surface area (Å²) in [6.07, 6.45) is 1.92. The zero-order valence-electron chi connectivity index (χ0n) is 12.5. The van der Waals surface area contributed by atoms with Crippen LogP contribution < -0.4 is 10.6 Å². The number of anilines is 1.